The second kappa shape index (κ2) is 10.7. The molecule has 1 N–H and O–H groups in total. The second-order valence-corrected chi connectivity index (χ2v) is 10.5. The van der Waals surface area contributed by atoms with E-state index in [1.54, 1.807) is 18.3 Å². The van der Waals surface area contributed by atoms with Gasteiger partial charge in [0.25, 0.3) is 0 Å². The highest BCUT2D eigenvalue weighted by atomic mass is 35.5. The van der Waals surface area contributed by atoms with E-state index in [9.17, 15) is 0 Å². The van der Waals surface area contributed by atoms with Crippen LogP contribution in [0, 0.1) is 6.92 Å². The first-order valence-corrected chi connectivity index (χ1v) is 13.5. The van der Waals surface area contributed by atoms with E-state index in [1.807, 2.05) is 91.9 Å². The highest BCUT2D eigenvalue weighted by Crippen LogP contribution is 2.44. The zero-order chi connectivity index (χ0) is 26.9. The van der Waals surface area contributed by atoms with Crippen LogP contribution in [0.3, 0.4) is 0 Å². The maximum absolute atomic E-state index is 6.48. The predicted molar refractivity (Wildman–Crippen MR) is 160 cm³/mol. The van der Waals surface area contributed by atoms with Gasteiger partial charge >= 0.3 is 0 Å². The average Bonchev–Trinajstić information content (AvgIpc) is 3.55. The second-order valence-electron chi connectivity index (χ2n) is 9.23. The molecule has 2 aromatic heterocycles. The minimum absolute atomic E-state index is 0.234. The summed E-state index contributed by atoms with van der Waals surface area (Å²) in [6.07, 6.45) is 1.78. The maximum Gasteiger partial charge on any atom is 0.174 e. The molecule has 0 bridgehead atoms. The third-order valence-electron chi connectivity index (χ3n) is 6.58. The molecule has 1 aliphatic rings. The Morgan fingerprint density at radius 3 is 2.33 bits per heavy atom. The van der Waals surface area contributed by atoms with Gasteiger partial charge in [0.15, 0.2) is 5.11 Å². The van der Waals surface area contributed by atoms with Crippen molar-refractivity contribution in [2.24, 2.45) is 0 Å². The molecule has 0 amide bonds. The molecular formula is C31H23Cl2N3O2S. The van der Waals surface area contributed by atoms with Gasteiger partial charge in [-0.3, -0.25) is 4.98 Å². The fraction of sp³-hybridized carbons (Fsp3) is 0.0968. The molecule has 5 aromatic rings. The summed E-state index contributed by atoms with van der Waals surface area (Å²) in [5.74, 6) is 2.88. The summed E-state index contributed by atoms with van der Waals surface area (Å²) in [6, 6.07) is 30.3. The molecule has 2 atom stereocenters. The van der Waals surface area contributed by atoms with Gasteiger partial charge in [-0.2, -0.15) is 0 Å². The third-order valence-corrected chi connectivity index (χ3v) is 7.45. The lowest BCUT2D eigenvalue weighted by molar-refractivity contribution is 0.439. The van der Waals surface area contributed by atoms with Crippen molar-refractivity contribution in [3.05, 3.63) is 130 Å². The highest BCUT2D eigenvalue weighted by molar-refractivity contribution is 7.80. The van der Waals surface area contributed by atoms with Gasteiger partial charge in [-0.25, -0.2) is 0 Å². The van der Waals surface area contributed by atoms with Crippen LogP contribution in [-0.2, 0) is 0 Å². The van der Waals surface area contributed by atoms with Gasteiger partial charge in [0.05, 0.1) is 16.8 Å². The molecule has 0 spiro atoms. The number of benzene rings is 3. The van der Waals surface area contributed by atoms with E-state index in [-0.39, 0.29) is 12.1 Å². The first kappa shape index (κ1) is 25.4. The highest BCUT2D eigenvalue weighted by Gasteiger charge is 2.42. The Morgan fingerprint density at radius 1 is 0.897 bits per heavy atom. The number of rotatable bonds is 6. The summed E-state index contributed by atoms with van der Waals surface area (Å²) in [6.45, 7) is 2.05. The molecule has 0 aliphatic carbocycles. The molecule has 8 heteroatoms. The fourth-order valence-electron chi connectivity index (χ4n) is 4.68. The first-order chi connectivity index (χ1) is 19.0. The zero-order valence-corrected chi connectivity index (χ0v) is 23.2. The van der Waals surface area contributed by atoms with Crippen LogP contribution < -0.4 is 15.0 Å². The van der Waals surface area contributed by atoms with Crippen molar-refractivity contribution in [2.75, 3.05) is 4.90 Å². The van der Waals surface area contributed by atoms with Crippen molar-refractivity contribution in [2.45, 2.75) is 19.0 Å². The number of hydrogen-bond donors (Lipinski definition) is 1. The van der Waals surface area contributed by atoms with E-state index in [1.165, 1.54) is 5.56 Å². The summed E-state index contributed by atoms with van der Waals surface area (Å²) in [7, 11) is 0. The number of furan rings is 1. The van der Waals surface area contributed by atoms with Gasteiger partial charge in [-0.1, -0.05) is 47.0 Å². The van der Waals surface area contributed by atoms with Crippen LogP contribution in [0.5, 0.6) is 11.5 Å². The molecule has 0 unspecified atom stereocenters. The number of nitrogens with zero attached hydrogens (tertiary/aromatic N) is 2. The number of halogens is 2. The van der Waals surface area contributed by atoms with Crippen molar-refractivity contribution in [1.82, 2.24) is 10.3 Å². The van der Waals surface area contributed by atoms with Crippen LogP contribution in [0.2, 0.25) is 10.0 Å². The molecule has 5 nitrogen and oxygen atoms in total. The van der Waals surface area contributed by atoms with E-state index in [0.717, 1.165) is 34.2 Å². The number of aryl methyl sites for hydroxylation is 1. The standard InChI is InChI=1S/C31H23Cl2N3O2S/c1-19-5-10-22(11-6-19)37-23-12-8-21(9-13-23)36-30(29(35-31(36)39)26-4-2-3-17-34-26)28-16-15-27(38-28)24-14-7-20(32)18-25(24)33/h2-18,29-30H,1H3,(H,35,39)/t29-,30+/m0/s1. The molecule has 1 fully saturated rings. The van der Waals surface area contributed by atoms with Crippen LogP contribution in [0.4, 0.5) is 5.69 Å². The van der Waals surface area contributed by atoms with Crippen LogP contribution in [-0.4, -0.2) is 10.1 Å². The van der Waals surface area contributed by atoms with E-state index in [4.69, 9.17) is 44.6 Å². The Kier molecular flexibility index (Phi) is 7.00. The van der Waals surface area contributed by atoms with Gasteiger partial charge in [0, 0.05) is 22.5 Å². The largest absolute Gasteiger partial charge is 0.459 e. The molecule has 39 heavy (non-hydrogen) atoms. The van der Waals surface area contributed by atoms with Crippen molar-refractivity contribution < 1.29 is 9.15 Å². The van der Waals surface area contributed by atoms with Gasteiger partial charge in [0.2, 0.25) is 0 Å². The minimum Gasteiger partial charge on any atom is -0.459 e. The molecule has 3 aromatic carbocycles. The summed E-state index contributed by atoms with van der Waals surface area (Å²) in [4.78, 5) is 6.66. The fourth-order valence-corrected chi connectivity index (χ4v) is 5.53. The van der Waals surface area contributed by atoms with Crippen molar-refractivity contribution >= 4 is 46.2 Å². The van der Waals surface area contributed by atoms with Crippen LogP contribution in [0.1, 0.15) is 29.1 Å². The number of thiocarbonyl (C=S) groups is 1. The number of aromatic nitrogens is 1. The predicted octanol–water partition coefficient (Wildman–Crippen LogP) is 8.93. The summed E-state index contributed by atoms with van der Waals surface area (Å²) in [5, 5.41) is 5.12. The Labute approximate surface area is 242 Å². The number of ether oxygens (including phenoxy) is 1. The van der Waals surface area contributed by atoms with Gasteiger partial charge in [-0.05, 0) is 98.0 Å². The molecule has 1 aliphatic heterocycles. The van der Waals surface area contributed by atoms with Crippen LogP contribution in [0.15, 0.2) is 108 Å². The number of pyridine rings is 1. The van der Waals surface area contributed by atoms with E-state index in [2.05, 4.69) is 15.2 Å². The summed E-state index contributed by atoms with van der Waals surface area (Å²) < 4.78 is 12.5. The van der Waals surface area contributed by atoms with E-state index < -0.39 is 0 Å². The Morgan fingerprint density at radius 2 is 1.64 bits per heavy atom. The Bertz CT molecular complexity index is 1620. The topological polar surface area (TPSA) is 50.5 Å². The quantitative estimate of drug-likeness (QED) is 0.205. The molecular weight excluding hydrogens is 549 g/mol. The molecule has 194 valence electrons. The number of nitrogens with one attached hydrogen (secondary N) is 1. The number of anilines is 1. The lowest BCUT2D eigenvalue weighted by Gasteiger charge is -2.26. The Hall–Kier alpha value is -3.84. The van der Waals surface area contributed by atoms with Crippen LogP contribution in [0.25, 0.3) is 11.3 Å². The number of hydrogen-bond acceptors (Lipinski definition) is 4. The third kappa shape index (κ3) is 5.23. The maximum atomic E-state index is 6.48. The van der Waals surface area contributed by atoms with Gasteiger partial charge in [-0.15, -0.1) is 0 Å². The lowest BCUT2D eigenvalue weighted by Crippen LogP contribution is -2.29. The average molecular weight is 573 g/mol. The first-order valence-electron chi connectivity index (χ1n) is 12.4. The molecule has 6 rings (SSSR count). The summed E-state index contributed by atoms with van der Waals surface area (Å²) >= 11 is 18.4. The van der Waals surface area contributed by atoms with Crippen molar-refractivity contribution in [3.63, 3.8) is 0 Å². The normalized spacial score (nSPS) is 16.8. The Balaban J connectivity index is 1.35. The molecule has 3 heterocycles. The molecule has 1 saturated heterocycles. The monoisotopic (exact) mass is 571 g/mol. The van der Waals surface area contributed by atoms with Gasteiger partial charge < -0.3 is 19.4 Å². The lowest BCUT2D eigenvalue weighted by atomic mass is 10.0. The van der Waals surface area contributed by atoms with Gasteiger partial charge in [0.1, 0.15) is 29.1 Å². The molecule has 0 radical (unpaired) electrons. The smallest absolute Gasteiger partial charge is 0.174 e. The summed E-state index contributed by atoms with van der Waals surface area (Å²) in [5.41, 5.74) is 3.70. The SMILES string of the molecule is Cc1ccc(Oc2ccc(N3C(=S)N[C@@H](c4ccccn4)[C@H]3c3ccc(-c4ccc(Cl)cc4Cl)o3)cc2)cc1. The van der Waals surface area contributed by atoms with E-state index in [0.29, 0.717) is 20.9 Å². The minimum atomic E-state index is -0.295. The zero-order valence-electron chi connectivity index (χ0n) is 20.8. The van der Waals surface area contributed by atoms with Crippen LogP contribution >= 0.6 is 35.4 Å². The molecule has 0 saturated carbocycles. The van der Waals surface area contributed by atoms with Crippen molar-refractivity contribution in [3.8, 4) is 22.8 Å². The van der Waals surface area contributed by atoms with E-state index >= 15 is 0 Å². The van der Waals surface area contributed by atoms with Crippen molar-refractivity contribution in [1.29, 1.82) is 0 Å².